The van der Waals surface area contributed by atoms with Crippen molar-refractivity contribution in [2.75, 3.05) is 6.61 Å². The maximum atomic E-state index is 11.9. The van der Waals surface area contributed by atoms with Crippen molar-refractivity contribution in [3.8, 4) is 5.75 Å². The Labute approximate surface area is 105 Å². The molecule has 0 fully saturated rings. The van der Waals surface area contributed by atoms with E-state index in [0.29, 0.717) is 18.9 Å². The molecule has 0 bridgehead atoms. The van der Waals surface area contributed by atoms with Gasteiger partial charge in [-0.05, 0) is 47.0 Å². The molecule has 1 aromatic carbocycles. The minimum Gasteiger partial charge on any atom is -0.494 e. The molecular weight excluding hydrogens is 268 g/mol. The Bertz CT molecular complexity index is 372. The molecule has 88 valence electrons. The summed E-state index contributed by atoms with van der Waals surface area (Å²) in [6, 6.07) is 5.50. The van der Waals surface area contributed by atoms with Gasteiger partial charge in [-0.25, -0.2) is 0 Å². The average molecular weight is 285 g/mol. The third kappa shape index (κ3) is 3.63. The molecule has 0 saturated heterocycles. The van der Waals surface area contributed by atoms with Crippen molar-refractivity contribution in [3.05, 3.63) is 28.2 Å². The highest BCUT2D eigenvalue weighted by molar-refractivity contribution is 9.10. The molecule has 0 N–H and O–H groups in total. The number of halogens is 1. The van der Waals surface area contributed by atoms with Crippen LogP contribution in [-0.2, 0) is 0 Å². The Morgan fingerprint density at radius 3 is 2.62 bits per heavy atom. The van der Waals surface area contributed by atoms with Gasteiger partial charge in [-0.1, -0.05) is 13.8 Å². The third-order valence-electron chi connectivity index (χ3n) is 2.15. The summed E-state index contributed by atoms with van der Waals surface area (Å²) in [7, 11) is 0. The molecule has 0 aromatic heterocycles. The van der Waals surface area contributed by atoms with Crippen LogP contribution in [-0.4, -0.2) is 12.4 Å². The van der Waals surface area contributed by atoms with Crippen LogP contribution in [0.25, 0.3) is 0 Å². The van der Waals surface area contributed by atoms with E-state index >= 15 is 0 Å². The van der Waals surface area contributed by atoms with Crippen LogP contribution < -0.4 is 4.74 Å². The van der Waals surface area contributed by atoms with Crippen molar-refractivity contribution in [2.45, 2.75) is 27.2 Å². The van der Waals surface area contributed by atoms with Gasteiger partial charge in [-0.15, -0.1) is 0 Å². The largest absolute Gasteiger partial charge is 0.494 e. The molecular formula is C13H17BrO2. The highest BCUT2D eigenvalue weighted by atomic mass is 79.9. The zero-order valence-corrected chi connectivity index (χ0v) is 11.5. The summed E-state index contributed by atoms with van der Waals surface area (Å²) in [5.41, 5.74) is 0.733. The number of hydrogen-bond donors (Lipinski definition) is 0. The molecule has 0 unspecified atom stereocenters. The summed E-state index contributed by atoms with van der Waals surface area (Å²) >= 11 is 3.41. The van der Waals surface area contributed by atoms with E-state index in [1.165, 1.54) is 0 Å². The number of benzene rings is 1. The Kier molecular flexibility index (Phi) is 5.00. The normalized spacial score (nSPS) is 10.6. The third-order valence-corrected chi connectivity index (χ3v) is 2.80. The number of carbonyl (C=O) groups excluding carboxylic acids is 1. The molecule has 1 aromatic rings. The second-order valence-corrected chi connectivity index (χ2v) is 4.95. The smallest absolute Gasteiger partial charge is 0.164 e. The van der Waals surface area contributed by atoms with Gasteiger partial charge in [0.05, 0.1) is 6.61 Å². The van der Waals surface area contributed by atoms with Crippen LogP contribution in [0, 0.1) is 5.92 Å². The van der Waals surface area contributed by atoms with Crippen LogP contribution in [0.3, 0.4) is 0 Å². The molecule has 0 radical (unpaired) electrons. The zero-order chi connectivity index (χ0) is 12.1. The summed E-state index contributed by atoms with van der Waals surface area (Å²) < 4.78 is 6.17. The average Bonchev–Trinajstić information content (AvgIpc) is 2.16. The molecule has 0 heterocycles. The molecule has 16 heavy (non-hydrogen) atoms. The topological polar surface area (TPSA) is 26.3 Å². The minimum absolute atomic E-state index is 0.171. The predicted octanol–water partition coefficient (Wildman–Crippen LogP) is 4.08. The van der Waals surface area contributed by atoms with Gasteiger partial charge in [0.1, 0.15) is 5.75 Å². The van der Waals surface area contributed by atoms with Gasteiger partial charge >= 0.3 is 0 Å². The molecule has 0 aliphatic rings. The van der Waals surface area contributed by atoms with Crippen molar-refractivity contribution in [3.63, 3.8) is 0 Å². The van der Waals surface area contributed by atoms with E-state index in [1.807, 2.05) is 39.0 Å². The highest BCUT2D eigenvalue weighted by Gasteiger charge is 2.12. The monoisotopic (exact) mass is 284 g/mol. The van der Waals surface area contributed by atoms with Gasteiger partial charge in [-0.2, -0.15) is 0 Å². The lowest BCUT2D eigenvalue weighted by molar-refractivity contribution is 0.0967. The lowest BCUT2D eigenvalue weighted by Gasteiger charge is -2.08. The molecule has 0 aliphatic heterocycles. The zero-order valence-electron chi connectivity index (χ0n) is 9.92. The number of carbonyl (C=O) groups is 1. The van der Waals surface area contributed by atoms with E-state index in [4.69, 9.17) is 4.74 Å². The lowest BCUT2D eigenvalue weighted by atomic mass is 10.0. The van der Waals surface area contributed by atoms with Crippen molar-refractivity contribution >= 4 is 21.7 Å². The molecule has 3 heteroatoms. The lowest BCUT2D eigenvalue weighted by Crippen LogP contribution is -2.04. The standard InChI is InChI=1S/C13H17BrO2/c1-4-16-10-5-6-11(12(14)8-10)13(15)7-9(2)3/h5-6,8-9H,4,7H2,1-3H3. The Morgan fingerprint density at radius 2 is 2.12 bits per heavy atom. The Balaban J connectivity index is 2.86. The summed E-state index contributed by atoms with van der Waals surface area (Å²) in [5.74, 6) is 1.34. The van der Waals surface area contributed by atoms with Crippen molar-refractivity contribution < 1.29 is 9.53 Å². The van der Waals surface area contributed by atoms with Gasteiger partial charge in [0.25, 0.3) is 0 Å². The van der Waals surface area contributed by atoms with Crippen molar-refractivity contribution in [1.82, 2.24) is 0 Å². The molecule has 0 saturated carbocycles. The second-order valence-electron chi connectivity index (χ2n) is 4.10. The summed E-state index contributed by atoms with van der Waals surface area (Å²) in [6.07, 6.45) is 0.576. The van der Waals surface area contributed by atoms with Gasteiger partial charge in [0.15, 0.2) is 5.78 Å². The highest BCUT2D eigenvalue weighted by Crippen LogP contribution is 2.25. The number of ketones is 1. The van der Waals surface area contributed by atoms with Crippen LogP contribution in [0.15, 0.2) is 22.7 Å². The summed E-state index contributed by atoms with van der Waals surface area (Å²) in [4.78, 5) is 11.9. The van der Waals surface area contributed by atoms with Crippen molar-refractivity contribution in [1.29, 1.82) is 0 Å². The summed E-state index contributed by atoms with van der Waals surface area (Å²) in [5, 5.41) is 0. The maximum absolute atomic E-state index is 11.9. The SMILES string of the molecule is CCOc1ccc(C(=O)CC(C)C)c(Br)c1. The van der Waals surface area contributed by atoms with E-state index in [9.17, 15) is 4.79 Å². The molecule has 0 spiro atoms. The number of rotatable bonds is 5. The molecule has 0 atom stereocenters. The number of ether oxygens (including phenoxy) is 1. The van der Waals surface area contributed by atoms with E-state index in [1.54, 1.807) is 0 Å². The van der Waals surface area contributed by atoms with Crippen LogP contribution in [0.5, 0.6) is 5.75 Å². The summed E-state index contributed by atoms with van der Waals surface area (Å²) in [6.45, 7) is 6.65. The minimum atomic E-state index is 0.171. The molecule has 0 aliphatic carbocycles. The van der Waals surface area contributed by atoms with Crippen LogP contribution in [0.4, 0.5) is 0 Å². The Morgan fingerprint density at radius 1 is 1.44 bits per heavy atom. The molecule has 1 rings (SSSR count). The van der Waals surface area contributed by atoms with Gasteiger partial charge < -0.3 is 4.74 Å². The Hall–Kier alpha value is -0.830. The van der Waals surface area contributed by atoms with E-state index in [0.717, 1.165) is 15.8 Å². The van der Waals surface area contributed by atoms with E-state index in [2.05, 4.69) is 15.9 Å². The van der Waals surface area contributed by atoms with Crippen molar-refractivity contribution in [2.24, 2.45) is 5.92 Å². The van der Waals surface area contributed by atoms with Gasteiger partial charge in [-0.3, -0.25) is 4.79 Å². The maximum Gasteiger partial charge on any atom is 0.164 e. The molecule has 2 nitrogen and oxygen atoms in total. The quantitative estimate of drug-likeness (QED) is 0.762. The van der Waals surface area contributed by atoms with Gasteiger partial charge in [0.2, 0.25) is 0 Å². The van der Waals surface area contributed by atoms with Crippen LogP contribution in [0.2, 0.25) is 0 Å². The fourth-order valence-corrected chi connectivity index (χ4v) is 2.04. The number of hydrogen-bond acceptors (Lipinski definition) is 2. The fraction of sp³-hybridized carbons (Fsp3) is 0.462. The van der Waals surface area contributed by atoms with Gasteiger partial charge in [0, 0.05) is 16.5 Å². The molecule has 0 amide bonds. The first kappa shape index (κ1) is 13.2. The first-order valence-electron chi connectivity index (χ1n) is 5.50. The number of Topliss-reactive ketones (excluding diaryl/α,β-unsaturated/α-hetero) is 1. The van der Waals surface area contributed by atoms with E-state index in [-0.39, 0.29) is 5.78 Å². The first-order chi connectivity index (χ1) is 7.54. The van der Waals surface area contributed by atoms with Crippen LogP contribution >= 0.6 is 15.9 Å². The first-order valence-corrected chi connectivity index (χ1v) is 6.29. The fourth-order valence-electron chi connectivity index (χ4n) is 1.46. The van der Waals surface area contributed by atoms with E-state index < -0.39 is 0 Å². The predicted molar refractivity (Wildman–Crippen MR) is 69.1 cm³/mol. The van der Waals surface area contributed by atoms with Crippen LogP contribution in [0.1, 0.15) is 37.6 Å². The second kappa shape index (κ2) is 6.04.